The van der Waals surface area contributed by atoms with Gasteiger partial charge < -0.3 is 15.4 Å². The van der Waals surface area contributed by atoms with Crippen molar-refractivity contribution < 1.29 is 19.1 Å². The Balaban J connectivity index is 2.16. The van der Waals surface area contributed by atoms with E-state index in [9.17, 15) is 14.4 Å². The molecule has 1 atom stereocenters. The summed E-state index contributed by atoms with van der Waals surface area (Å²) in [4.78, 5) is 35.5. The van der Waals surface area contributed by atoms with Crippen molar-refractivity contribution in [2.75, 3.05) is 12.4 Å². The molecule has 0 radical (unpaired) electrons. The van der Waals surface area contributed by atoms with E-state index in [1.807, 2.05) is 19.9 Å². The van der Waals surface area contributed by atoms with E-state index in [-0.39, 0.29) is 17.7 Å². The Morgan fingerprint density at radius 1 is 0.966 bits per heavy atom. The summed E-state index contributed by atoms with van der Waals surface area (Å²) in [6, 6.07) is 13.3. The predicted octanol–water partition coefficient (Wildman–Crippen LogP) is 2.97. The number of hydrogen-bond acceptors (Lipinski definition) is 4. The van der Waals surface area contributed by atoms with Crippen molar-refractivity contribution in [2.45, 2.75) is 26.8 Å². The first-order valence-electron chi connectivity index (χ1n) is 9.18. The molecule has 2 rings (SSSR count). The van der Waals surface area contributed by atoms with E-state index in [4.69, 9.17) is 4.74 Å². The molecule has 2 amide bonds. The number of carbonyl (C=O) groups excluding carboxylic acids is 3. The zero-order chi connectivity index (χ0) is 21.4. The second-order valence-corrected chi connectivity index (χ2v) is 6.81. The van der Waals surface area contributed by atoms with Gasteiger partial charge in [-0.05, 0) is 42.3 Å². The molecule has 2 aromatic carbocycles. The minimum Gasteiger partial charge on any atom is -0.465 e. The normalized spacial score (nSPS) is 11.1. The van der Waals surface area contributed by atoms with Gasteiger partial charge in [-0.3, -0.25) is 9.59 Å². The molecular formula is C23H24N2O4. The number of methoxy groups -OCH3 is 1. The van der Waals surface area contributed by atoms with Crippen molar-refractivity contribution in [3.05, 3.63) is 65.2 Å². The third-order valence-corrected chi connectivity index (χ3v) is 4.07. The van der Waals surface area contributed by atoms with Crippen molar-refractivity contribution in [1.29, 1.82) is 0 Å². The summed E-state index contributed by atoms with van der Waals surface area (Å²) in [5.74, 6) is 5.01. The zero-order valence-electron chi connectivity index (χ0n) is 16.9. The summed E-state index contributed by atoms with van der Waals surface area (Å²) in [6.07, 6.45) is 0. The SMILES string of the molecule is COC(=O)c1cccc(C#Cc2cccc(NC(=O)C(NC(C)=O)C(C)C)c2)c1. The number of benzene rings is 2. The van der Waals surface area contributed by atoms with Gasteiger partial charge in [-0.1, -0.05) is 37.8 Å². The van der Waals surface area contributed by atoms with E-state index in [2.05, 4.69) is 22.5 Å². The van der Waals surface area contributed by atoms with Gasteiger partial charge in [0.1, 0.15) is 6.04 Å². The molecule has 0 aromatic heterocycles. The summed E-state index contributed by atoms with van der Waals surface area (Å²) >= 11 is 0. The van der Waals surface area contributed by atoms with Crippen LogP contribution in [0.1, 0.15) is 42.3 Å². The van der Waals surface area contributed by atoms with Gasteiger partial charge in [0.25, 0.3) is 0 Å². The third-order valence-electron chi connectivity index (χ3n) is 4.07. The molecule has 0 aliphatic heterocycles. The van der Waals surface area contributed by atoms with Crippen LogP contribution in [0.2, 0.25) is 0 Å². The molecule has 2 N–H and O–H groups in total. The molecule has 1 unspecified atom stereocenters. The Hall–Kier alpha value is -3.59. The quantitative estimate of drug-likeness (QED) is 0.605. The molecule has 0 bridgehead atoms. The second-order valence-electron chi connectivity index (χ2n) is 6.81. The average Bonchev–Trinajstić information content (AvgIpc) is 2.70. The lowest BCUT2D eigenvalue weighted by Gasteiger charge is -2.21. The smallest absolute Gasteiger partial charge is 0.337 e. The second kappa shape index (κ2) is 10.1. The molecule has 0 aliphatic rings. The molecule has 0 spiro atoms. The van der Waals surface area contributed by atoms with E-state index in [0.717, 1.165) is 0 Å². The first-order valence-corrected chi connectivity index (χ1v) is 9.18. The van der Waals surface area contributed by atoms with E-state index < -0.39 is 12.0 Å². The molecule has 0 aliphatic carbocycles. The van der Waals surface area contributed by atoms with Crippen LogP contribution in [0, 0.1) is 17.8 Å². The van der Waals surface area contributed by atoms with Gasteiger partial charge in [0.05, 0.1) is 12.7 Å². The highest BCUT2D eigenvalue weighted by atomic mass is 16.5. The van der Waals surface area contributed by atoms with Crippen LogP contribution in [0.25, 0.3) is 0 Å². The van der Waals surface area contributed by atoms with Gasteiger partial charge in [0.15, 0.2) is 0 Å². The number of carbonyl (C=O) groups is 3. The largest absolute Gasteiger partial charge is 0.465 e. The summed E-state index contributed by atoms with van der Waals surface area (Å²) in [6.45, 7) is 5.11. The minimum atomic E-state index is -0.622. The zero-order valence-corrected chi connectivity index (χ0v) is 16.9. The number of nitrogens with one attached hydrogen (secondary N) is 2. The monoisotopic (exact) mass is 392 g/mol. The molecule has 2 aromatic rings. The van der Waals surface area contributed by atoms with Crippen molar-refractivity contribution >= 4 is 23.5 Å². The third kappa shape index (κ3) is 6.51. The van der Waals surface area contributed by atoms with Gasteiger partial charge in [0, 0.05) is 23.7 Å². The summed E-state index contributed by atoms with van der Waals surface area (Å²) < 4.78 is 4.71. The highest BCUT2D eigenvalue weighted by Gasteiger charge is 2.22. The number of ether oxygens (including phenoxy) is 1. The first-order chi connectivity index (χ1) is 13.8. The van der Waals surface area contributed by atoms with Crippen LogP contribution in [0.5, 0.6) is 0 Å². The lowest BCUT2D eigenvalue weighted by Crippen LogP contribution is -2.46. The van der Waals surface area contributed by atoms with Crippen LogP contribution in [0.3, 0.4) is 0 Å². The van der Waals surface area contributed by atoms with Crippen LogP contribution in [0.15, 0.2) is 48.5 Å². The van der Waals surface area contributed by atoms with Crippen molar-refractivity contribution in [2.24, 2.45) is 5.92 Å². The Morgan fingerprint density at radius 3 is 2.17 bits per heavy atom. The standard InChI is InChI=1S/C23H24N2O4/c1-15(2)21(24-16(3)26)22(27)25-20-10-6-8-18(14-20)12-11-17-7-5-9-19(13-17)23(28)29-4/h5-10,13-15,21H,1-4H3,(H,24,26)(H,25,27). The molecule has 0 saturated carbocycles. The van der Waals surface area contributed by atoms with Crippen LogP contribution in [-0.2, 0) is 14.3 Å². The summed E-state index contributed by atoms with van der Waals surface area (Å²) in [5, 5.41) is 5.48. The lowest BCUT2D eigenvalue weighted by atomic mass is 10.0. The van der Waals surface area contributed by atoms with Crippen molar-refractivity contribution in [3.63, 3.8) is 0 Å². The molecule has 0 heterocycles. The highest BCUT2D eigenvalue weighted by molar-refractivity contribution is 5.97. The number of esters is 1. The maximum Gasteiger partial charge on any atom is 0.337 e. The molecule has 0 saturated heterocycles. The number of rotatable bonds is 5. The summed E-state index contributed by atoms with van der Waals surface area (Å²) in [7, 11) is 1.33. The number of hydrogen-bond donors (Lipinski definition) is 2. The molecule has 6 nitrogen and oxygen atoms in total. The van der Waals surface area contributed by atoms with E-state index in [1.54, 1.807) is 42.5 Å². The highest BCUT2D eigenvalue weighted by Crippen LogP contribution is 2.13. The average molecular weight is 392 g/mol. The van der Waals surface area contributed by atoms with Crippen molar-refractivity contribution in [3.8, 4) is 11.8 Å². The Morgan fingerprint density at radius 2 is 1.59 bits per heavy atom. The lowest BCUT2D eigenvalue weighted by molar-refractivity contribution is -0.126. The fourth-order valence-electron chi connectivity index (χ4n) is 2.63. The Kier molecular flexibility index (Phi) is 7.55. The fraction of sp³-hybridized carbons (Fsp3) is 0.261. The van der Waals surface area contributed by atoms with E-state index in [1.165, 1.54) is 14.0 Å². The van der Waals surface area contributed by atoms with E-state index >= 15 is 0 Å². The molecule has 6 heteroatoms. The molecule has 150 valence electrons. The van der Waals surface area contributed by atoms with Crippen LogP contribution < -0.4 is 10.6 Å². The van der Waals surface area contributed by atoms with Gasteiger partial charge in [0.2, 0.25) is 11.8 Å². The van der Waals surface area contributed by atoms with Gasteiger partial charge >= 0.3 is 5.97 Å². The van der Waals surface area contributed by atoms with Gasteiger partial charge in [-0.2, -0.15) is 0 Å². The Labute approximate surface area is 170 Å². The number of amides is 2. The Bertz CT molecular complexity index is 970. The minimum absolute atomic E-state index is 0.0519. The first kappa shape index (κ1) is 21.7. The maximum atomic E-state index is 12.5. The fourth-order valence-corrected chi connectivity index (χ4v) is 2.63. The van der Waals surface area contributed by atoms with Gasteiger partial charge in [-0.15, -0.1) is 0 Å². The van der Waals surface area contributed by atoms with Gasteiger partial charge in [-0.25, -0.2) is 4.79 Å². The molecular weight excluding hydrogens is 368 g/mol. The van der Waals surface area contributed by atoms with Crippen LogP contribution >= 0.6 is 0 Å². The summed E-state index contributed by atoms with van der Waals surface area (Å²) in [5.41, 5.74) is 2.39. The van der Waals surface area contributed by atoms with Crippen molar-refractivity contribution in [1.82, 2.24) is 5.32 Å². The topological polar surface area (TPSA) is 84.5 Å². The number of anilines is 1. The van der Waals surface area contributed by atoms with Crippen LogP contribution in [0.4, 0.5) is 5.69 Å². The molecule has 29 heavy (non-hydrogen) atoms. The van der Waals surface area contributed by atoms with Crippen LogP contribution in [-0.4, -0.2) is 30.9 Å². The predicted molar refractivity (Wildman–Crippen MR) is 111 cm³/mol. The van der Waals surface area contributed by atoms with E-state index in [0.29, 0.717) is 22.4 Å². The maximum absolute atomic E-state index is 12.5. The molecule has 0 fully saturated rings.